The van der Waals surface area contributed by atoms with Gasteiger partial charge in [0.15, 0.2) is 17.9 Å². The number of ether oxygens (including phenoxy) is 5. The Morgan fingerprint density at radius 3 is 2.25 bits per heavy atom. The molecule has 0 radical (unpaired) electrons. The molecule has 4 heterocycles. The Morgan fingerprint density at radius 2 is 1.57 bits per heavy atom. The minimum absolute atomic E-state index is 0.0149. The second-order valence-electron chi connectivity index (χ2n) is 18.0. The fourth-order valence-electron chi connectivity index (χ4n) is 8.59. The number of nitrogens with zero attached hydrogens (tertiary/aromatic N) is 5. The lowest BCUT2D eigenvalue weighted by Crippen LogP contribution is -2.61. The maximum absolute atomic E-state index is 13.5. The van der Waals surface area contributed by atoms with Crippen LogP contribution in [-0.2, 0) is 64.0 Å². The number of halogens is 2. The number of rotatable bonds is 27. The highest BCUT2D eigenvalue weighted by Crippen LogP contribution is 2.38. The van der Waals surface area contributed by atoms with E-state index in [-0.39, 0.29) is 110 Å². The lowest BCUT2D eigenvalue weighted by atomic mass is 9.99. The van der Waals surface area contributed by atoms with Gasteiger partial charge in [0.25, 0.3) is 17.5 Å². The minimum atomic E-state index is -4.38. The molecule has 9 atom stereocenters. The number of carbonyl (C=O) groups is 5. The van der Waals surface area contributed by atoms with Crippen molar-refractivity contribution in [2.24, 2.45) is 11.1 Å². The van der Waals surface area contributed by atoms with Crippen molar-refractivity contribution in [3.8, 4) is 18.1 Å². The molecule has 3 aliphatic rings. The molecule has 1 aliphatic carbocycles. The molecule has 426 valence electrons. The lowest BCUT2D eigenvalue weighted by Gasteiger charge is -2.38. The molecule has 2 aliphatic heterocycles. The van der Waals surface area contributed by atoms with Crippen molar-refractivity contribution >= 4 is 100 Å². The molecule has 4 aromatic rings. The summed E-state index contributed by atoms with van der Waals surface area (Å²) in [6, 6.07) is 10.4. The third-order valence-electron chi connectivity index (χ3n) is 12.6. The molecule has 7 rings (SSSR count). The molecule has 2 fully saturated rings. The number of amides is 4. The van der Waals surface area contributed by atoms with E-state index in [1.807, 2.05) is 0 Å². The van der Waals surface area contributed by atoms with Crippen LogP contribution in [0.4, 0.5) is 17.2 Å². The number of hydrogen-bond donors (Lipinski definition) is 10. The summed E-state index contributed by atoms with van der Waals surface area (Å²) in [7, 11) is -4.38. The molecule has 0 unspecified atom stereocenters. The van der Waals surface area contributed by atoms with E-state index in [2.05, 4.69) is 63.7 Å². The van der Waals surface area contributed by atoms with Crippen LogP contribution in [0.5, 0.6) is 5.75 Å². The first kappa shape index (κ1) is 60.5. The number of terminal acetylenes is 1. The first-order chi connectivity index (χ1) is 37.6. The van der Waals surface area contributed by atoms with Crippen molar-refractivity contribution < 1.29 is 95.5 Å². The fraction of sp³-hybridized carbons (Fsp3) is 0.458. The smallest absolute Gasteiger partial charge is 0.335 e. The Hall–Kier alpha value is -6.09. The summed E-state index contributed by atoms with van der Waals surface area (Å²) < 4.78 is 59.1. The Balaban J connectivity index is 1.01. The Kier molecular flexibility index (Phi) is 21.0. The topological polar surface area (TPSA) is 396 Å². The molecule has 0 spiro atoms. The van der Waals surface area contributed by atoms with Crippen molar-refractivity contribution in [3.63, 3.8) is 0 Å². The van der Waals surface area contributed by atoms with Crippen molar-refractivity contribution in [2.45, 2.75) is 74.8 Å². The summed E-state index contributed by atoms with van der Waals surface area (Å²) in [5.41, 5.74) is 2.15. The predicted molar refractivity (Wildman–Crippen MR) is 279 cm³/mol. The van der Waals surface area contributed by atoms with Crippen LogP contribution in [0.3, 0.4) is 0 Å². The number of aromatic nitrogens is 4. The lowest BCUT2D eigenvalue weighted by molar-refractivity contribution is -0.668. The third-order valence-corrected chi connectivity index (χ3v) is 15.1. The zero-order chi connectivity index (χ0) is 57.1. The molecule has 79 heavy (non-hydrogen) atoms. The number of carboxylic acids is 1. The number of hydrogen-bond acceptors (Lipinski definition) is 21. The number of aliphatic hydroxyl groups is 5. The van der Waals surface area contributed by atoms with Crippen LogP contribution in [-0.4, -0.2) is 190 Å². The summed E-state index contributed by atoms with van der Waals surface area (Å²) in [6.07, 6.45) is -4.56. The quantitative estimate of drug-likeness (QED) is 0.0141. The van der Waals surface area contributed by atoms with Gasteiger partial charge in [0.2, 0.25) is 30.2 Å². The van der Waals surface area contributed by atoms with Crippen molar-refractivity contribution in [3.05, 3.63) is 75.2 Å². The second-order valence-corrected chi connectivity index (χ2v) is 20.8. The predicted octanol–water partition coefficient (Wildman–Crippen LogP) is -1.48. The maximum atomic E-state index is 13.5. The van der Waals surface area contributed by atoms with E-state index in [4.69, 9.17) is 39.4 Å². The maximum Gasteiger partial charge on any atom is 0.335 e. The largest absolute Gasteiger partial charge is 0.479 e. The number of aliphatic carboxylic acids is 1. The highest BCUT2D eigenvalue weighted by Gasteiger charge is 2.49. The van der Waals surface area contributed by atoms with Gasteiger partial charge in [-0.1, -0.05) is 23.0 Å². The van der Waals surface area contributed by atoms with Gasteiger partial charge in [-0.3, -0.25) is 28.3 Å². The third kappa shape index (κ3) is 15.4. The molecule has 4 amide bonds. The number of carboxylic acid groups (broad SMARTS) is 1. The standard InChI is InChI=1S/C48H55Br2N9O19S/c1-2-25-4-3-5-28(18-25)55-43-36-44(59(24-53-36)30-20-27(37(62)38(30)63)22-76-79(51,71)72)57(23-54-43)21-26-6-7-31(77-48-41(66)39(64)40(65)42(78-48)47(69)70)29(19-26)56-33(61)8-10-52-32(60)9-12-73-14-16-75-17-15-74-13-11-58-45(67)34(49)35(50)46(58)68/h1,3-7,18-19,23-24,27,30,37-42,48,62-66H,8-17,20-22H2,(H5,51,52,56,60,61,69,70,71,72)/p+1/t27-,30-,37-,38+,39+,40+,41-,42+,48-/m1/s1. The van der Waals surface area contributed by atoms with E-state index < -0.39 is 101 Å². The van der Waals surface area contributed by atoms with Gasteiger partial charge in [0.1, 0.15) is 45.2 Å². The molecule has 31 heteroatoms. The van der Waals surface area contributed by atoms with E-state index >= 15 is 0 Å². The number of nitrogens with one attached hydrogen (secondary N) is 3. The van der Waals surface area contributed by atoms with Crippen molar-refractivity contribution in [2.75, 3.05) is 70.0 Å². The Bertz CT molecular complexity index is 3070. The normalized spacial score (nSPS) is 23.3. The van der Waals surface area contributed by atoms with E-state index in [0.717, 1.165) is 4.90 Å². The van der Waals surface area contributed by atoms with E-state index in [1.54, 1.807) is 39.5 Å². The molecule has 2 aromatic carbocycles. The molecule has 11 N–H and O–H groups in total. The summed E-state index contributed by atoms with van der Waals surface area (Å²) in [4.78, 5) is 72.5. The molecule has 0 bridgehead atoms. The van der Waals surface area contributed by atoms with Gasteiger partial charge < -0.3 is 70.3 Å². The van der Waals surface area contributed by atoms with Gasteiger partial charge in [-0.2, -0.15) is 8.42 Å². The van der Waals surface area contributed by atoms with Crippen LogP contribution in [0.2, 0.25) is 0 Å². The number of aliphatic hydroxyl groups excluding tert-OH is 5. The van der Waals surface area contributed by atoms with E-state index in [1.165, 1.54) is 24.8 Å². The SMILES string of the molecule is C#Cc1cccc(Nc2nc[n+](Cc3ccc(O[C@@H]4O[C@H](C(=O)O)[C@@H](O)[C@H](O)[C@H]4O)c(NC(=O)CCNC(=O)CCOCCOCCOCCN4C(=O)C(Br)=C(Br)C4=O)c3)c3c2ncn3[C@@H]2C[C@H](COS(N)(=O)=O)[C@@H](O)[C@H]2O)c1. The first-order valence-corrected chi connectivity index (χ1v) is 27.3. The van der Waals surface area contributed by atoms with Crippen LogP contribution in [0.15, 0.2) is 64.1 Å². The number of fused-ring (bicyclic) bond motifs is 1. The molecule has 28 nitrogen and oxygen atoms in total. The molecular formula is C48H56Br2N9O19S+. The first-order valence-electron chi connectivity index (χ1n) is 24.2. The van der Waals surface area contributed by atoms with Crippen LogP contribution < -0.4 is 30.4 Å². The minimum Gasteiger partial charge on any atom is -0.479 e. The van der Waals surface area contributed by atoms with Crippen LogP contribution >= 0.6 is 31.9 Å². The van der Waals surface area contributed by atoms with Crippen molar-refractivity contribution in [1.82, 2.24) is 24.8 Å². The Labute approximate surface area is 467 Å². The van der Waals surface area contributed by atoms with Crippen LogP contribution in [0.25, 0.3) is 11.2 Å². The number of benzene rings is 2. The van der Waals surface area contributed by atoms with Gasteiger partial charge in [0.05, 0.1) is 71.1 Å². The number of imidazole rings is 1. The summed E-state index contributed by atoms with van der Waals surface area (Å²) in [6.45, 7) is 0.274. The van der Waals surface area contributed by atoms with E-state index in [9.17, 15) is 63.0 Å². The van der Waals surface area contributed by atoms with Crippen LogP contribution in [0.1, 0.15) is 36.4 Å². The molecular weight excluding hydrogens is 1200 g/mol. The van der Waals surface area contributed by atoms with Gasteiger partial charge in [-0.25, -0.2) is 24.1 Å². The van der Waals surface area contributed by atoms with E-state index in [0.29, 0.717) is 22.5 Å². The zero-order valence-electron chi connectivity index (χ0n) is 41.6. The monoisotopic (exact) mass is 1250 g/mol. The highest BCUT2D eigenvalue weighted by atomic mass is 79.9. The highest BCUT2D eigenvalue weighted by molar-refractivity contribution is 9.14. The van der Waals surface area contributed by atoms with Gasteiger partial charge in [0, 0.05) is 36.6 Å². The number of carbonyl (C=O) groups excluding carboxylic acids is 4. The van der Waals surface area contributed by atoms with Gasteiger partial charge in [-0.05, 0) is 74.2 Å². The Morgan fingerprint density at radius 1 is 0.873 bits per heavy atom. The van der Waals surface area contributed by atoms with Gasteiger partial charge >= 0.3 is 16.3 Å². The fourth-order valence-corrected chi connectivity index (χ4v) is 9.72. The second kappa shape index (κ2) is 27.4. The number of imide groups is 1. The zero-order valence-corrected chi connectivity index (χ0v) is 45.6. The van der Waals surface area contributed by atoms with Gasteiger partial charge in [-0.15, -0.1) is 6.42 Å². The average molecular weight is 1250 g/mol. The molecule has 1 saturated heterocycles. The molecule has 2 aromatic heterocycles. The average Bonchev–Trinajstić information content (AvgIpc) is 4.03. The molecule has 1 saturated carbocycles. The number of nitrogens with two attached hydrogens (primary N) is 1. The summed E-state index contributed by atoms with van der Waals surface area (Å²) in [5, 5.41) is 77.2. The number of anilines is 3. The summed E-state index contributed by atoms with van der Waals surface area (Å²) >= 11 is 6.12. The summed E-state index contributed by atoms with van der Waals surface area (Å²) in [5.74, 6) is -1.88. The van der Waals surface area contributed by atoms with Crippen LogP contribution in [0, 0.1) is 18.3 Å². The van der Waals surface area contributed by atoms with Crippen molar-refractivity contribution in [1.29, 1.82) is 0 Å².